The second-order valence-electron chi connectivity index (χ2n) is 5.75. The van der Waals surface area contributed by atoms with Crippen LogP contribution in [0.25, 0.3) is 11.2 Å². The molecule has 0 amide bonds. The van der Waals surface area contributed by atoms with Gasteiger partial charge in [0.1, 0.15) is 0 Å². The van der Waals surface area contributed by atoms with Gasteiger partial charge in [0.2, 0.25) is 5.95 Å². The van der Waals surface area contributed by atoms with Crippen molar-refractivity contribution in [3.8, 4) is 0 Å². The molecular weight excluding hydrogens is 274 g/mol. The number of nitrogens with one attached hydrogen (secondary N) is 2. The van der Waals surface area contributed by atoms with E-state index in [-0.39, 0.29) is 11.2 Å². The van der Waals surface area contributed by atoms with Gasteiger partial charge in [0.25, 0.3) is 5.56 Å². The highest BCUT2D eigenvalue weighted by atomic mass is 16.5. The third-order valence-corrected chi connectivity index (χ3v) is 4.03. The lowest BCUT2D eigenvalue weighted by molar-refractivity contribution is 0.0314. The molecule has 1 aliphatic heterocycles. The first-order chi connectivity index (χ1) is 9.91. The second-order valence-corrected chi connectivity index (χ2v) is 5.75. The molecule has 114 valence electrons. The SMILES string of the molecule is Cn1c(=O)c2[nH]c(NCC3(C)CCCO3)nc2n(C)c1=O. The van der Waals surface area contributed by atoms with Crippen LogP contribution in [0.2, 0.25) is 0 Å². The number of ether oxygens (including phenoxy) is 1. The molecule has 0 aliphatic carbocycles. The minimum atomic E-state index is -0.392. The molecule has 1 atom stereocenters. The first kappa shape index (κ1) is 13.9. The lowest BCUT2D eigenvalue weighted by Crippen LogP contribution is -2.36. The summed E-state index contributed by atoms with van der Waals surface area (Å²) in [7, 11) is 3.04. The van der Waals surface area contributed by atoms with Crippen molar-refractivity contribution < 1.29 is 4.74 Å². The van der Waals surface area contributed by atoms with Crippen LogP contribution in [0, 0.1) is 0 Å². The van der Waals surface area contributed by atoms with Crippen LogP contribution in [-0.4, -0.2) is 37.9 Å². The minimum absolute atomic E-state index is 0.212. The summed E-state index contributed by atoms with van der Waals surface area (Å²) in [6.45, 7) is 3.42. The number of imidazole rings is 1. The van der Waals surface area contributed by atoms with Crippen LogP contribution < -0.4 is 16.6 Å². The maximum Gasteiger partial charge on any atom is 0.332 e. The molecule has 2 N–H and O–H groups in total. The summed E-state index contributed by atoms with van der Waals surface area (Å²) in [6, 6.07) is 0. The van der Waals surface area contributed by atoms with Gasteiger partial charge in [-0.25, -0.2) is 4.79 Å². The highest BCUT2D eigenvalue weighted by Gasteiger charge is 2.29. The van der Waals surface area contributed by atoms with Crippen molar-refractivity contribution in [2.24, 2.45) is 14.1 Å². The molecule has 0 bridgehead atoms. The zero-order chi connectivity index (χ0) is 15.2. The fraction of sp³-hybridized carbons (Fsp3) is 0.615. The largest absolute Gasteiger partial charge is 0.373 e. The molecule has 3 rings (SSSR count). The van der Waals surface area contributed by atoms with E-state index in [4.69, 9.17) is 4.74 Å². The molecule has 3 heterocycles. The number of H-pyrrole nitrogens is 1. The van der Waals surface area contributed by atoms with Gasteiger partial charge < -0.3 is 15.0 Å². The van der Waals surface area contributed by atoms with E-state index in [1.165, 1.54) is 11.6 Å². The van der Waals surface area contributed by atoms with Crippen molar-refractivity contribution in [1.82, 2.24) is 19.1 Å². The number of nitrogens with zero attached hydrogens (tertiary/aromatic N) is 3. The molecule has 8 heteroatoms. The normalized spacial score (nSPS) is 22.0. The first-order valence-corrected chi connectivity index (χ1v) is 6.95. The molecule has 1 saturated heterocycles. The van der Waals surface area contributed by atoms with E-state index in [0.717, 1.165) is 24.0 Å². The zero-order valence-electron chi connectivity index (χ0n) is 12.4. The molecule has 0 radical (unpaired) electrons. The third-order valence-electron chi connectivity index (χ3n) is 4.03. The molecule has 1 fully saturated rings. The average molecular weight is 293 g/mol. The van der Waals surface area contributed by atoms with Crippen LogP contribution in [0.15, 0.2) is 9.59 Å². The molecule has 0 aromatic carbocycles. The standard InChI is InChI=1S/C13H19N5O3/c1-13(5-4-6-21-13)7-14-11-15-8-9(16-11)17(2)12(20)18(3)10(8)19/h4-7H2,1-3H3,(H2,14,15,16). The van der Waals surface area contributed by atoms with Gasteiger partial charge in [-0.15, -0.1) is 0 Å². The van der Waals surface area contributed by atoms with Crippen LogP contribution in [-0.2, 0) is 18.8 Å². The highest BCUT2D eigenvalue weighted by Crippen LogP contribution is 2.25. The Hall–Kier alpha value is -2.09. The monoisotopic (exact) mass is 293 g/mol. The number of fused-ring (bicyclic) bond motifs is 1. The molecule has 2 aromatic heterocycles. The first-order valence-electron chi connectivity index (χ1n) is 6.95. The number of rotatable bonds is 3. The maximum absolute atomic E-state index is 12.1. The lowest BCUT2D eigenvalue weighted by atomic mass is 10.0. The summed E-state index contributed by atoms with van der Waals surface area (Å²) < 4.78 is 8.11. The topological polar surface area (TPSA) is 93.9 Å². The molecule has 0 spiro atoms. The molecular formula is C13H19N5O3. The Kier molecular flexibility index (Phi) is 3.12. The van der Waals surface area contributed by atoms with Crippen LogP contribution >= 0.6 is 0 Å². The summed E-state index contributed by atoms with van der Waals surface area (Å²) in [5, 5.41) is 3.15. The van der Waals surface area contributed by atoms with E-state index in [9.17, 15) is 9.59 Å². The summed E-state index contributed by atoms with van der Waals surface area (Å²) in [6.07, 6.45) is 2.04. The van der Waals surface area contributed by atoms with Crippen LogP contribution in [0.5, 0.6) is 0 Å². The molecule has 0 saturated carbocycles. The van der Waals surface area contributed by atoms with E-state index in [1.807, 2.05) is 6.92 Å². The van der Waals surface area contributed by atoms with Gasteiger partial charge in [0, 0.05) is 27.2 Å². The van der Waals surface area contributed by atoms with E-state index >= 15 is 0 Å². The summed E-state index contributed by atoms with van der Waals surface area (Å²) in [5.74, 6) is 0.472. The van der Waals surface area contributed by atoms with Crippen LogP contribution in [0.3, 0.4) is 0 Å². The van der Waals surface area contributed by atoms with Gasteiger partial charge in [-0.2, -0.15) is 4.98 Å². The molecule has 2 aromatic rings. The van der Waals surface area contributed by atoms with Crippen molar-refractivity contribution in [2.45, 2.75) is 25.4 Å². The number of aromatic nitrogens is 4. The second kappa shape index (κ2) is 4.73. The number of anilines is 1. The van der Waals surface area contributed by atoms with E-state index in [0.29, 0.717) is 23.7 Å². The van der Waals surface area contributed by atoms with Crippen molar-refractivity contribution in [1.29, 1.82) is 0 Å². The minimum Gasteiger partial charge on any atom is -0.373 e. The van der Waals surface area contributed by atoms with Gasteiger partial charge in [0.05, 0.1) is 5.60 Å². The van der Waals surface area contributed by atoms with Gasteiger partial charge in [-0.1, -0.05) is 0 Å². The Morgan fingerprint density at radius 1 is 1.38 bits per heavy atom. The molecule has 1 unspecified atom stereocenters. The summed E-state index contributed by atoms with van der Waals surface area (Å²) in [4.78, 5) is 31.2. The maximum atomic E-state index is 12.1. The number of aryl methyl sites for hydroxylation is 1. The Labute approximate surface area is 120 Å². The third kappa shape index (κ3) is 2.25. The smallest absolute Gasteiger partial charge is 0.332 e. The molecule has 1 aliphatic rings. The van der Waals surface area contributed by atoms with Crippen molar-refractivity contribution in [3.63, 3.8) is 0 Å². The predicted octanol–water partition coefficient (Wildman–Crippen LogP) is -0.0587. The Morgan fingerprint density at radius 3 is 2.81 bits per heavy atom. The van der Waals surface area contributed by atoms with E-state index in [1.54, 1.807) is 7.05 Å². The predicted molar refractivity (Wildman–Crippen MR) is 78.7 cm³/mol. The zero-order valence-corrected chi connectivity index (χ0v) is 12.4. The van der Waals surface area contributed by atoms with E-state index in [2.05, 4.69) is 15.3 Å². The Morgan fingerprint density at radius 2 is 2.14 bits per heavy atom. The fourth-order valence-corrected chi connectivity index (χ4v) is 2.66. The molecule has 21 heavy (non-hydrogen) atoms. The van der Waals surface area contributed by atoms with Crippen molar-refractivity contribution in [3.05, 3.63) is 20.8 Å². The van der Waals surface area contributed by atoms with Gasteiger partial charge >= 0.3 is 5.69 Å². The Balaban J connectivity index is 1.95. The number of hydrogen-bond donors (Lipinski definition) is 2. The lowest BCUT2D eigenvalue weighted by Gasteiger charge is -2.22. The Bertz CT molecular complexity index is 794. The van der Waals surface area contributed by atoms with Crippen molar-refractivity contribution in [2.75, 3.05) is 18.5 Å². The van der Waals surface area contributed by atoms with Crippen molar-refractivity contribution >= 4 is 17.1 Å². The van der Waals surface area contributed by atoms with Gasteiger partial charge in [-0.05, 0) is 19.8 Å². The molecule has 8 nitrogen and oxygen atoms in total. The van der Waals surface area contributed by atoms with Crippen LogP contribution in [0.1, 0.15) is 19.8 Å². The number of hydrogen-bond acceptors (Lipinski definition) is 5. The van der Waals surface area contributed by atoms with Gasteiger partial charge in [0.15, 0.2) is 11.2 Å². The van der Waals surface area contributed by atoms with E-state index < -0.39 is 5.69 Å². The van der Waals surface area contributed by atoms with Crippen LogP contribution in [0.4, 0.5) is 5.95 Å². The fourth-order valence-electron chi connectivity index (χ4n) is 2.66. The summed E-state index contributed by atoms with van der Waals surface area (Å²) >= 11 is 0. The average Bonchev–Trinajstić information content (AvgIpc) is 3.08. The van der Waals surface area contributed by atoms with Gasteiger partial charge in [-0.3, -0.25) is 13.9 Å². The number of aromatic amines is 1. The summed E-state index contributed by atoms with van der Waals surface area (Å²) in [5.41, 5.74) is -0.313. The highest BCUT2D eigenvalue weighted by molar-refractivity contribution is 5.72. The quantitative estimate of drug-likeness (QED) is 0.827.